The Bertz CT molecular complexity index is 1020. The topological polar surface area (TPSA) is 140 Å². The number of nitrogens with one attached hydrogen (secondary N) is 1. The summed E-state index contributed by atoms with van der Waals surface area (Å²) in [6.07, 6.45) is -1.69. The van der Waals surface area contributed by atoms with Gasteiger partial charge in [-0.3, -0.25) is 10.1 Å². The Morgan fingerprint density at radius 1 is 1.21 bits per heavy atom. The van der Waals surface area contributed by atoms with Crippen LogP contribution in [0.1, 0.15) is 24.0 Å². The largest absolute Gasteiger partial charge is 0.469 e. The molecule has 1 aliphatic heterocycles. The van der Waals surface area contributed by atoms with Crippen LogP contribution in [0, 0.1) is 10.1 Å². The molecule has 0 saturated carbocycles. The van der Waals surface area contributed by atoms with Crippen LogP contribution in [0.4, 0.5) is 23.7 Å². The molecular formula is C19H18F3N5O6. The summed E-state index contributed by atoms with van der Waals surface area (Å²) >= 11 is 0. The van der Waals surface area contributed by atoms with Gasteiger partial charge in [0.1, 0.15) is 12.4 Å². The lowest BCUT2D eigenvalue weighted by atomic mass is 10.1. The molecule has 1 aromatic heterocycles. The van der Waals surface area contributed by atoms with E-state index in [0.29, 0.717) is 18.4 Å². The maximum atomic E-state index is 12.6. The highest BCUT2D eigenvalue weighted by Gasteiger charge is 2.31. The van der Waals surface area contributed by atoms with Gasteiger partial charge in [-0.25, -0.2) is 10.3 Å². The van der Waals surface area contributed by atoms with E-state index in [2.05, 4.69) is 15.4 Å². The van der Waals surface area contributed by atoms with E-state index in [0.717, 1.165) is 18.5 Å². The van der Waals surface area contributed by atoms with Gasteiger partial charge < -0.3 is 19.6 Å². The minimum Gasteiger partial charge on any atom is -0.469 e. The summed E-state index contributed by atoms with van der Waals surface area (Å²) in [5.74, 6) is -0.766. The second kappa shape index (κ2) is 10.0. The van der Waals surface area contributed by atoms with Crippen molar-refractivity contribution in [3.8, 4) is 11.8 Å². The van der Waals surface area contributed by atoms with E-state index < -0.39 is 40.4 Å². The molecule has 14 heteroatoms. The van der Waals surface area contributed by atoms with Crippen molar-refractivity contribution in [2.24, 2.45) is 0 Å². The number of alkyl halides is 3. The fourth-order valence-electron chi connectivity index (χ4n) is 2.99. The van der Waals surface area contributed by atoms with Crippen molar-refractivity contribution in [3.05, 3.63) is 58.0 Å². The van der Waals surface area contributed by atoms with Crippen molar-refractivity contribution in [2.75, 3.05) is 13.1 Å². The molecule has 0 spiro atoms. The highest BCUT2D eigenvalue weighted by molar-refractivity contribution is 5.65. The Morgan fingerprint density at radius 3 is 2.42 bits per heavy atom. The van der Waals surface area contributed by atoms with E-state index in [1.54, 1.807) is 0 Å². The summed E-state index contributed by atoms with van der Waals surface area (Å²) in [6, 6.07) is 4.33. The third-order valence-corrected chi connectivity index (χ3v) is 4.67. The molecule has 0 bridgehead atoms. The van der Waals surface area contributed by atoms with Crippen molar-refractivity contribution < 1.29 is 37.6 Å². The van der Waals surface area contributed by atoms with E-state index in [1.807, 2.05) is 0 Å². The summed E-state index contributed by atoms with van der Waals surface area (Å²) in [6.45, 7) is 0.442. The van der Waals surface area contributed by atoms with Gasteiger partial charge in [0.2, 0.25) is 0 Å². The number of hydrogen-bond acceptors (Lipinski definition) is 8. The Hall–Kier alpha value is -4.10. The molecule has 1 aromatic carbocycles. The van der Waals surface area contributed by atoms with Crippen LogP contribution in [0.5, 0.6) is 11.8 Å². The number of nitro groups is 1. The van der Waals surface area contributed by atoms with Gasteiger partial charge in [0.25, 0.3) is 0 Å². The van der Waals surface area contributed by atoms with Crippen molar-refractivity contribution >= 4 is 17.9 Å². The van der Waals surface area contributed by atoms with Gasteiger partial charge in [0.05, 0.1) is 10.5 Å². The zero-order chi connectivity index (χ0) is 24.0. The Kier molecular flexibility index (Phi) is 7.15. The highest BCUT2D eigenvalue weighted by atomic mass is 19.4. The first kappa shape index (κ1) is 23.6. The van der Waals surface area contributed by atoms with Crippen LogP contribution >= 0.6 is 0 Å². The normalized spacial score (nSPS) is 14.8. The van der Waals surface area contributed by atoms with Crippen LogP contribution in [0.15, 0.2) is 36.8 Å². The van der Waals surface area contributed by atoms with Crippen molar-refractivity contribution in [1.82, 2.24) is 20.3 Å². The number of aromatic nitrogens is 2. The minimum absolute atomic E-state index is 0.221. The van der Waals surface area contributed by atoms with Crippen LogP contribution in [0.3, 0.4) is 0 Å². The third-order valence-electron chi connectivity index (χ3n) is 4.67. The van der Waals surface area contributed by atoms with Gasteiger partial charge in [-0.05, 0) is 23.8 Å². The minimum atomic E-state index is -4.44. The molecule has 0 radical (unpaired) electrons. The predicted octanol–water partition coefficient (Wildman–Crippen LogP) is 3.48. The number of ether oxygens (including phenoxy) is 1. The van der Waals surface area contributed by atoms with Crippen molar-refractivity contribution in [2.45, 2.75) is 25.1 Å². The molecule has 1 fully saturated rings. The number of carboxylic acid groups (broad SMARTS) is 1. The maximum Gasteiger partial charge on any atom is 0.416 e. The van der Waals surface area contributed by atoms with Gasteiger partial charge in [-0.2, -0.15) is 23.1 Å². The van der Waals surface area contributed by atoms with Gasteiger partial charge in [0, 0.05) is 32.1 Å². The molecule has 3 rings (SSSR count). The van der Waals surface area contributed by atoms with E-state index in [4.69, 9.17) is 14.7 Å². The zero-order valence-corrected chi connectivity index (χ0v) is 16.9. The number of nitrogens with zero attached hydrogens (tertiary/aromatic N) is 4. The van der Waals surface area contributed by atoms with E-state index >= 15 is 0 Å². The van der Waals surface area contributed by atoms with Gasteiger partial charge in [0.15, 0.2) is 0 Å². The van der Waals surface area contributed by atoms with Crippen LogP contribution in [-0.2, 0) is 6.18 Å². The fraction of sp³-hybridized carbons (Fsp3) is 0.316. The van der Waals surface area contributed by atoms with Crippen LogP contribution in [0.2, 0.25) is 0 Å². The number of halogens is 3. The summed E-state index contributed by atoms with van der Waals surface area (Å²) < 4.78 is 43.4. The SMILES string of the molecule is O=C(O)N1CCC(Oc2ncnc(ONC=Cc3ccc(C(F)(F)F)cc3)c2[N+](=O)[O-])CC1. The molecule has 1 saturated heterocycles. The molecule has 33 heavy (non-hydrogen) atoms. The number of piperidine rings is 1. The monoisotopic (exact) mass is 469 g/mol. The second-order valence-electron chi connectivity index (χ2n) is 6.85. The van der Waals surface area contributed by atoms with E-state index in [-0.39, 0.29) is 19.0 Å². The van der Waals surface area contributed by atoms with Crippen molar-refractivity contribution in [3.63, 3.8) is 0 Å². The number of hydroxylamine groups is 1. The predicted molar refractivity (Wildman–Crippen MR) is 106 cm³/mol. The smallest absolute Gasteiger partial charge is 0.416 e. The zero-order valence-electron chi connectivity index (χ0n) is 16.9. The molecule has 0 atom stereocenters. The van der Waals surface area contributed by atoms with Crippen LogP contribution in [0.25, 0.3) is 6.08 Å². The standard InChI is InChI=1S/C19H18F3N5O6/c20-19(21,22)13-3-1-12(2-4-13)5-8-25-33-17-15(27(30)31)16(23-11-24-17)32-14-6-9-26(10-7-14)18(28)29/h1-5,8,11,14,25H,6-7,9-10H2,(H,28,29). The first-order chi connectivity index (χ1) is 15.6. The average Bonchev–Trinajstić information content (AvgIpc) is 2.76. The highest BCUT2D eigenvalue weighted by Crippen LogP contribution is 2.34. The van der Waals surface area contributed by atoms with Gasteiger partial charge >= 0.3 is 29.7 Å². The number of hydrogen-bond donors (Lipinski definition) is 2. The quantitative estimate of drug-likeness (QED) is 0.461. The van der Waals surface area contributed by atoms with E-state index in [1.165, 1.54) is 29.3 Å². The molecule has 11 nitrogen and oxygen atoms in total. The molecule has 2 heterocycles. The number of likely N-dealkylation sites (tertiary alicyclic amines) is 1. The lowest BCUT2D eigenvalue weighted by molar-refractivity contribution is -0.388. The Balaban J connectivity index is 1.63. The summed E-state index contributed by atoms with van der Waals surface area (Å²) in [5, 5.41) is 20.5. The number of benzene rings is 1. The first-order valence-corrected chi connectivity index (χ1v) is 9.55. The molecule has 1 aliphatic rings. The van der Waals surface area contributed by atoms with E-state index in [9.17, 15) is 28.1 Å². The molecule has 0 aliphatic carbocycles. The van der Waals surface area contributed by atoms with Gasteiger partial charge in [-0.15, -0.1) is 0 Å². The lowest BCUT2D eigenvalue weighted by Gasteiger charge is -2.29. The molecule has 1 amide bonds. The number of amides is 1. The van der Waals surface area contributed by atoms with Crippen LogP contribution in [-0.4, -0.2) is 50.2 Å². The van der Waals surface area contributed by atoms with Crippen LogP contribution < -0.4 is 15.1 Å². The third kappa shape index (κ3) is 6.21. The summed E-state index contributed by atoms with van der Waals surface area (Å²) in [5.41, 5.74) is 1.32. The Morgan fingerprint density at radius 2 is 1.85 bits per heavy atom. The molecular weight excluding hydrogens is 451 g/mol. The molecule has 2 aromatic rings. The first-order valence-electron chi connectivity index (χ1n) is 9.55. The Labute approximate surface area is 184 Å². The molecule has 0 unspecified atom stereocenters. The second-order valence-corrected chi connectivity index (χ2v) is 6.85. The van der Waals surface area contributed by atoms with Crippen molar-refractivity contribution in [1.29, 1.82) is 0 Å². The maximum absolute atomic E-state index is 12.6. The molecule has 2 N–H and O–H groups in total. The number of rotatable bonds is 7. The number of carbonyl (C=O) groups is 1. The fourth-order valence-corrected chi connectivity index (χ4v) is 2.99. The summed E-state index contributed by atoms with van der Waals surface area (Å²) in [7, 11) is 0. The lowest BCUT2D eigenvalue weighted by Crippen LogP contribution is -2.41. The average molecular weight is 469 g/mol. The summed E-state index contributed by atoms with van der Waals surface area (Å²) in [4.78, 5) is 35.6. The molecule has 176 valence electrons. The van der Waals surface area contributed by atoms with Gasteiger partial charge in [-0.1, -0.05) is 12.1 Å².